The number of hydrogen-bond donors (Lipinski definition) is 1. The Balaban J connectivity index is 4.06. The fourth-order valence-corrected chi connectivity index (χ4v) is 2.98. The minimum absolute atomic E-state index is 0.00883. The van der Waals surface area contributed by atoms with E-state index in [1.807, 2.05) is 0 Å². The van der Waals surface area contributed by atoms with E-state index in [9.17, 15) is 14.3 Å². The van der Waals surface area contributed by atoms with Crippen LogP contribution in [0, 0.1) is 0 Å². The zero-order valence-electron chi connectivity index (χ0n) is 17.4. The van der Waals surface area contributed by atoms with Crippen molar-refractivity contribution >= 4 is 13.8 Å². The van der Waals surface area contributed by atoms with E-state index in [2.05, 4.69) is 17.2 Å². The first-order chi connectivity index (χ1) is 13.4. The van der Waals surface area contributed by atoms with Gasteiger partial charge in [0.05, 0.1) is 26.4 Å². The van der Waals surface area contributed by atoms with Crippen LogP contribution < -0.4 is 10.6 Å². The molecular formula is C18H38NO8P. The standard InChI is InChI=1S/C18H38NO8P/c1-3-5-12-23-15-17(16-27-28(21,22)26-14-11-19)25-13-9-7-6-8-10-18(20)24-4-2/h17H,3-16,19H2,1-2H3,(H,21,22). The smallest absolute Gasteiger partial charge is 0.305 e. The second-order valence-electron chi connectivity index (χ2n) is 6.32. The van der Waals surface area contributed by atoms with E-state index >= 15 is 0 Å². The summed E-state index contributed by atoms with van der Waals surface area (Å²) in [5.41, 5.74) is 3.52. The molecule has 0 saturated carbocycles. The maximum Gasteiger partial charge on any atom is 0.305 e. The second-order valence-corrected chi connectivity index (χ2v) is 7.73. The lowest BCUT2D eigenvalue weighted by atomic mass is 10.1. The average molecular weight is 427 g/mol. The highest BCUT2D eigenvalue weighted by Crippen LogP contribution is 2.38. The van der Waals surface area contributed by atoms with E-state index < -0.39 is 13.9 Å². The Morgan fingerprint density at radius 2 is 1.75 bits per heavy atom. The maximum absolute atomic E-state index is 11.6. The fraction of sp³-hybridized carbons (Fsp3) is 0.944. The van der Waals surface area contributed by atoms with E-state index in [1.165, 1.54) is 0 Å². The summed E-state index contributed by atoms with van der Waals surface area (Å²) in [6, 6.07) is 0. The van der Waals surface area contributed by atoms with Crippen molar-refractivity contribution in [2.75, 3.05) is 46.2 Å². The van der Waals surface area contributed by atoms with Gasteiger partial charge in [0.15, 0.2) is 0 Å². The van der Waals surface area contributed by atoms with E-state index in [4.69, 9.17) is 18.7 Å². The quantitative estimate of drug-likeness (QED) is 0.175. The van der Waals surface area contributed by atoms with Crippen molar-refractivity contribution in [1.82, 2.24) is 0 Å². The first-order valence-electron chi connectivity index (χ1n) is 10.2. The summed E-state index contributed by atoms with van der Waals surface area (Å²) in [6.07, 6.45) is 5.31. The Morgan fingerprint density at radius 3 is 2.43 bits per heavy atom. The number of esters is 1. The SMILES string of the molecule is CCCCOCC(COP(=O)([O-])OCC[NH3+])OCCCCCCC(=O)OCC. The summed E-state index contributed by atoms with van der Waals surface area (Å²) in [4.78, 5) is 22.9. The van der Waals surface area contributed by atoms with Crippen LogP contribution in [0.3, 0.4) is 0 Å². The van der Waals surface area contributed by atoms with Crippen LogP contribution in [0.2, 0.25) is 0 Å². The number of quaternary nitrogens is 1. The van der Waals surface area contributed by atoms with Gasteiger partial charge in [0.2, 0.25) is 0 Å². The molecule has 0 aliphatic carbocycles. The minimum atomic E-state index is -4.35. The van der Waals surface area contributed by atoms with Crippen LogP contribution >= 0.6 is 7.82 Å². The predicted octanol–water partition coefficient (Wildman–Crippen LogP) is 1.45. The Labute approximate surface area is 168 Å². The highest BCUT2D eigenvalue weighted by atomic mass is 31.2. The van der Waals surface area contributed by atoms with Crippen LogP contribution in [0.15, 0.2) is 0 Å². The molecule has 0 aromatic heterocycles. The van der Waals surface area contributed by atoms with Crippen LogP contribution in [0.25, 0.3) is 0 Å². The average Bonchev–Trinajstić information content (AvgIpc) is 2.66. The van der Waals surface area contributed by atoms with Gasteiger partial charge >= 0.3 is 5.97 Å². The third kappa shape index (κ3) is 17.6. The van der Waals surface area contributed by atoms with Crippen LogP contribution in [0.5, 0.6) is 0 Å². The summed E-state index contributed by atoms with van der Waals surface area (Å²) < 4.78 is 37.3. The van der Waals surface area contributed by atoms with Crippen molar-refractivity contribution < 1.29 is 43.2 Å². The third-order valence-corrected chi connectivity index (χ3v) is 4.66. The number of phosphoric acid groups is 1. The highest BCUT2D eigenvalue weighted by Gasteiger charge is 2.16. The first-order valence-corrected chi connectivity index (χ1v) is 11.7. The molecule has 2 atom stereocenters. The Hall–Kier alpha value is -0.540. The normalized spacial score (nSPS) is 14.6. The molecule has 0 amide bonds. The molecule has 0 radical (unpaired) electrons. The molecule has 0 rings (SSSR count). The first kappa shape index (κ1) is 27.5. The largest absolute Gasteiger partial charge is 0.756 e. The Kier molecular flexibility index (Phi) is 18.1. The Morgan fingerprint density at radius 1 is 1.00 bits per heavy atom. The van der Waals surface area contributed by atoms with Gasteiger partial charge < -0.3 is 33.9 Å². The summed E-state index contributed by atoms with van der Waals surface area (Å²) in [5, 5.41) is 0. The number of phosphoric ester groups is 1. The van der Waals surface area contributed by atoms with Gasteiger partial charge in [-0.1, -0.05) is 26.2 Å². The molecule has 0 aromatic carbocycles. The summed E-state index contributed by atoms with van der Waals surface area (Å²) >= 11 is 0. The molecule has 0 fully saturated rings. The molecule has 0 bridgehead atoms. The molecule has 9 nitrogen and oxygen atoms in total. The number of rotatable bonds is 20. The van der Waals surface area contributed by atoms with Gasteiger partial charge in [-0.25, -0.2) is 0 Å². The highest BCUT2D eigenvalue weighted by molar-refractivity contribution is 7.45. The van der Waals surface area contributed by atoms with Gasteiger partial charge in [0.25, 0.3) is 7.82 Å². The molecule has 168 valence electrons. The van der Waals surface area contributed by atoms with Gasteiger partial charge in [-0.15, -0.1) is 0 Å². The maximum atomic E-state index is 11.6. The predicted molar refractivity (Wildman–Crippen MR) is 102 cm³/mol. The van der Waals surface area contributed by atoms with Crippen molar-refractivity contribution in [3.63, 3.8) is 0 Å². The van der Waals surface area contributed by atoms with Gasteiger partial charge in [-0.05, 0) is 26.2 Å². The topological polar surface area (TPSA) is 131 Å². The molecule has 0 saturated heterocycles. The molecule has 0 aliphatic heterocycles. The van der Waals surface area contributed by atoms with Crippen LogP contribution in [-0.2, 0) is 32.6 Å². The van der Waals surface area contributed by atoms with Crippen molar-refractivity contribution in [2.45, 2.75) is 64.9 Å². The minimum Gasteiger partial charge on any atom is -0.756 e. The zero-order valence-corrected chi connectivity index (χ0v) is 18.3. The lowest BCUT2D eigenvalue weighted by molar-refractivity contribution is -0.373. The van der Waals surface area contributed by atoms with Crippen LogP contribution in [0.4, 0.5) is 0 Å². The number of unbranched alkanes of at least 4 members (excludes halogenated alkanes) is 4. The molecule has 0 heterocycles. The third-order valence-electron chi connectivity index (χ3n) is 3.69. The molecule has 0 aliphatic rings. The summed E-state index contributed by atoms with van der Waals surface area (Å²) in [6.45, 7) is 5.77. The number of carbonyl (C=O) groups is 1. The van der Waals surface area contributed by atoms with Crippen molar-refractivity contribution in [2.24, 2.45) is 0 Å². The molecular weight excluding hydrogens is 389 g/mol. The van der Waals surface area contributed by atoms with Crippen LogP contribution in [0.1, 0.15) is 58.8 Å². The molecule has 10 heteroatoms. The second kappa shape index (κ2) is 18.5. The van der Waals surface area contributed by atoms with Gasteiger partial charge in [0, 0.05) is 19.6 Å². The van der Waals surface area contributed by atoms with Crippen molar-refractivity contribution in [1.29, 1.82) is 0 Å². The molecule has 0 spiro atoms. The van der Waals surface area contributed by atoms with Gasteiger partial charge in [0.1, 0.15) is 12.7 Å². The Bertz CT molecular complexity index is 424. The number of carbonyl (C=O) groups excluding carboxylic acids is 1. The summed E-state index contributed by atoms with van der Waals surface area (Å²) in [5.74, 6) is -0.164. The van der Waals surface area contributed by atoms with E-state index in [-0.39, 0.29) is 25.8 Å². The number of hydrogen-bond acceptors (Lipinski definition) is 8. The van der Waals surface area contributed by atoms with E-state index in [0.29, 0.717) is 32.8 Å². The van der Waals surface area contributed by atoms with Crippen molar-refractivity contribution in [3.05, 3.63) is 0 Å². The monoisotopic (exact) mass is 427 g/mol. The molecule has 0 aromatic rings. The van der Waals surface area contributed by atoms with Gasteiger partial charge in [-0.2, -0.15) is 0 Å². The lowest BCUT2D eigenvalue weighted by Crippen LogP contribution is -2.52. The van der Waals surface area contributed by atoms with E-state index in [0.717, 1.165) is 38.5 Å². The number of ether oxygens (including phenoxy) is 3. The van der Waals surface area contributed by atoms with E-state index in [1.54, 1.807) is 6.92 Å². The molecule has 28 heavy (non-hydrogen) atoms. The summed E-state index contributed by atoms with van der Waals surface area (Å²) in [7, 11) is -4.35. The van der Waals surface area contributed by atoms with Crippen molar-refractivity contribution in [3.8, 4) is 0 Å². The molecule has 3 N–H and O–H groups in total. The zero-order chi connectivity index (χ0) is 21.1. The lowest BCUT2D eigenvalue weighted by Gasteiger charge is -2.25. The van der Waals surface area contributed by atoms with Gasteiger partial charge in [-0.3, -0.25) is 9.36 Å². The fourth-order valence-electron chi connectivity index (χ4n) is 2.20. The van der Waals surface area contributed by atoms with Crippen LogP contribution in [-0.4, -0.2) is 58.3 Å². The molecule has 2 unspecified atom stereocenters.